The first-order chi connectivity index (χ1) is 19.2. The fourth-order valence-corrected chi connectivity index (χ4v) is 3.50. The molecule has 0 fully saturated rings. The number of nitrogens with zero attached hydrogens (tertiary/aromatic N) is 4. The lowest BCUT2D eigenvalue weighted by atomic mass is 10.2. The van der Waals surface area contributed by atoms with Crippen molar-refractivity contribution in [1.29, 1.82) is 0 Å². The molecule has 0 aromatic carbocycles. The molecule has 41 heavy (non-hydrogen) atoms. The minimum absolute atomic E-state index is 0.248. The summed E-state index contributed by atoms with van der Waals surface area (Å²) in [5.74, 6) is 2.28. The Bertz CT molecular complexity index is 1260. The third kappa shape index (κ3) is 8.99. The van der Waals surface area contributed by atoms with E-state index in [2.05, 4.69) is 25.6 Å². The Morgan fingerprint density at radius 1 is 0.829 bits per heavy atom. The standard InChI is InChI=1S/C14H20N4O5.C12H17N3O3/c1-14(2,3)23-13(20)18-7-8-22-9-5-6-10(15-11(9)18)16-12(19)17-21-4;1-12(2,3)18-11(16)15-6-7-17-8-4-5-9(13)14-10(8)15/h5-6H,7-8H2,1-4H3,(H2,15,16,17,19);4-5H,6-7H2,1-3H3,(H2,13,14). The predicted octanol–water partition coefficient (Wildman–Crippen LogP) is 3.70. The van der Waals surface area contributed by atoms with Crippen molar-refractivity contribution in [2.24, 2.45) is 0 Å². The number of rotatable bonds is 2. The van der Waals surface area contributed by atoms with E-state index in [1.165, 1.54) is 16.9 Å². The van der Waals surface area contributed by atoms with Crippen LogP contribution in [0.25, 0.3) is 0 Å². The maximum Gasteiger partial charge on any atom is 0.416 e. The SMILES string of the molecule is CC(C)(C)OC(=O)N1CCOc2ccc(N)nc21.CONC(=O)Nc1ccc2c(n1)N(C(=O)OC(C)(C)C)CCO2. The number of carbonyl (C=O) groups is 3. The number of fused-ring (bicyclic) bond motifs is 2. The Morgan fingerprint density at radius 2 is 1.32 bits per heavy atom. The first kappa shape index (κ1) is 31.0. The van der Waals surface area contributed by atoms with Crippen LogP contribution in [0.5, 0.6) is 11.5 Å². The number of carbonyl (C=O) groups excluding carboxylic acids is 3. The molecule has 2 aliphatic rings. The summed E-state index contributed by atoms with van der Waals surface area (Å²) < 4.78 is 21.6. The molecular weight excluding hydrogens is 538 g/mol. The molecule has 0 spiro atoms. The van der Waals surface area contributed by atoms with Gasteiger partial charge < -0.3 is 24.7 Å². The van der Waals surface area contributed by atoms with Crippen LogP contribution in [0.3, 0.4) is 0 Å². The van der Waals surface area contributed by atoms with Crippen LogP contribution in [0.2, 0.25) is 0 Å². The van der Waals surface area contributed by atoms with Gasteiger partial charge in [-0.05, 0) is 65.8 Å². The number of amides is 4. The zero-order valence-corrected chi connectivity index (χ0v) is 24.3. The highest BCUT2D eigenvalue weighted by molar-refractivity contribution is 5.91. The van der Waals surface area contributed by atoms with Crippen LogP contribution in [-0.2, 0) is 14.3 Å². The highest BCUT2D eigenvalue weighted by Crippen LogP contribution is 2.32. The van der Waals surface area contributed by atoms with Crippen LogP contribution >= 0.6 is 0 Å². The van der Waals surface area contributed by atoms with Gasteiger partial charge in [-0.25, -0.2) is 29.8 Å². The monoisotopic (exact) mass is 575 g/mol. The molecule has 4 rings (SSSR count). The van der Waals surface area contributed by atoms with Gasteiger partial charge >= 0.3 is 18.2 Å². The van der Waals surface area contributed by atoms with Gasteiger partial charge in [0.05, 0.1) is 20.2 Å². The second-order valence-corrected chi connectivity index (χ2v) is 10.8. The van der Waals surface area contributed by atoms with Gasteiger partial charge in [0, 0.05) is 0 Å². The molecule has 4 amide bonds. The summed E-state index contributed by atoms with van der Waals surface area (Å²) in [6, 6.07) is 5.94. The Balaban J connectivity index is 0.000000232. The number of hydrogen-bond donors (Lipinski definition) is 3. The number of ether oxygens (including phenoxy) is 4. The lowest BCUT2D eigenvalue weighted by molar-refractivity contribution is 0.0556. The number of pyridine rings is 2. The first-order valence-corrected chi connectivity index (χ1v) is 12.8. The molecule has 0 unspecified atom stereocenters. The number of aromatic nitrogens is 2. The third-order valence-corrected chi connectivity index (χ3v) is 5.02. The molecule has 2 aromatic rings. The van der Waals surface area contributed by atoms with Crippen LogP contribution in [0.1, 0.15) is 41.5 Å². The van der Waals surface area contributed by atoms with E-state index in [1.54, 1.807) is 45.0 Å². The fourth-order valence-electron chi connectivity index (χ4n) is 3.50. The number of hydrogen-bond acceptors (Lipinski definition) is 11. The minimum atomic E-state index is -0.621. The molecule has 0 saturated carbocycles. The number of nitrogens with two attached hydrogens (primary N) is 1. The summed E-state index contributed by atoms with van der Waals surface area (Å²) in [4.78, 5) is 51.5. The largest absolute Gasteiger partial charge is 0.488 e. The van der Waals surface area contributed by atoms with Crippen molar-refractivity contribution in [3.8, 4) is 11.5 Å². The molecule has 15 heteroatoms. The maximum absolute atomic E-state index is 12.3. The van der Waals surface area contributed by atoms with Gasteiger partial charge in [-0.3, -0.25) is 20.0 Å². The van der Waals surface area contributed by atoms with Gasteiger partial charge in [-0.1, -0.05) is 0 Å². The highest BCUT2D eigenvalue weighted by Gasteiger charge is 2.31. The fraction of sp³-hybridized carbons (Fsp3) is 0.500. The Kier molecular flexibility index (Phi) is 9.65. The molecule has 0 saturated heterocycles. The average Bonchev–Trinajstić information content (AvgIpc) is 2.86. The van der Waals surface area contributed by atoms with Crippen LogP contribution in [0, 0.1) is 0 Å². The summed E-state index contributed by atoms with van der Waals surface area (Å²) in [7, 11) is 1.32. The van der Waals surface area contributed by atoms with Gasteiger partial charge in [0.25, 0.3) is 0 Å². The lowest BCUT2D eigenvalue weighted by Gasteiger charge is -2.30. The summed E-state index contributed by atoms with van der Waals surface area (Å²) in [6.45, 7) is 12.3. The van der Waals surface area contributed by atoms with Crippen molar-refractivity contribution < 1.29 is 38.2 Å². The summed E-state index contributed by atoms with van der Waals surface area (Å²) in [5, 5.41) is 2.48. The molecule has 0 bridgehead atoms. The second kappa shape index (κ2) is 12.8. The molecule has 4 N–H and O–H groups in total. The Morgan fingerprint density at radius 3 is 1.80 bits per heavy atom. The van der Waals surface area contributed by atoms with E-state index in [0.717, 1.165) is 0 Å². The molecule has 0 atom stereocenters. The normalized spacial score (nSPS) is 14.1. The Hall–Kier alpha value is -4.53. The van der Waals surface area contributed by atoms with Gasteiger partial charge in [0.15, 0.2) is 23.1 Å². The summed E-state index contributed by atoms with van der Waals surface area (Å²) >= 11 is 0. The van der Waals surface area contributed by atoms with E-state index >= 15 is 0 Å². The van der Waals surface area contributed by atoms with Crippen molar-refractivity contribution in [2.45, 2.75) is 52.7 Å². The molecule has 2 aliphatic heterocycles. The van der Waals surface area contributed by atoms with Crippen molar-refractivity contribution in [3.63, 3.8) is 0 Å². The predicted molar refractivity (Wildman–Crippen MR) is 150 cm³/mol. The quantitative estimate of drug-likeness (QED) is 0.444. The molecule has 4 heterocycles. The van der Waals surface area contributed by atoms with E-state index in [4.69, 9.17) is 24.7 Å². The molecular formula is C26H37N7O8. The van der Waals surface area contributed by atoms with E-state index in [9.17, 15) is 14.4 Å². The molecule has 224 valence electrons. The summed E-state index contributed by atoms with van der Waals surface area (Å²) in [6.07, 6.45) is -0.960. The van der Waals surface area contributed by atoms with Crippen molar-refractivity contribution in [1.82, 2.24) is 15.4 Å². The minimum Gasteiger partial charge on any atom is -0.488 e. The van der Waals surface area contributed by atoms with Gasteiger partial charge in [0.1, 0.15) is 36.1 Å². The number of anilines is 4. The number of nitrogens with one attached hydrogen (secondary N) is 2. The number of hydroxylamine groups is 1. The molecule has 0 radical (unpaired) electrons. The average molecular weight is 576 g/mol. The van der Waals surface area contributed by atoms with Crippen LogP contribution in [0.4, 0.5) is 37.7 Å². The van der Waals surface area contributed by atoms with E-state index < -0.39 is 29.4 Å². The van der Waals surface area contributed by atoms with Gasteiger partial charge in [-0.15, -0.1) is 0 Å². The Labute approximate surface area is 238 Å². The van der Waals surface area contributed by atoms with Crippen molar-refractivity contribution in [3.05, 3.63) is 24.3 Å². The molecule has 15 nitrogen and oxygen atoms in total. The first-order valence-electron chi connectivity index (χ1n) is 12.8. The maximum atomic E-state index is 12.3. The summed E-state index contributed by atoms with van der Waals surface area (Å²) in [5.41, 5.74) is 6.57. The van der Waals surface area contributed by atoms with E-state index in [0.29, 0.717) is 55.3 Å². The molecule has 0 aliphatic carbocycles. The zero-order chi connectivity index (χ0) is 30.4. The lowest BCUT2D eigenvalue weighted by Crippen LogP contribution is -2.42. The number of nitrogen functional groups attached to an aromatic ring is 1. The van der Waals surface area contributed by atoms with E-state index in [1.807, 2.05) is 20.8 Å². The van der Waals surface area contributed by atoms with E-state index in [-0.39, 0.29) is 5.82 Å². The van der Waals surface area contributed by atoms with Crippen molar-refractivity contribution in [2.75, 3.05) is 54.3 Å². The second-order valence-electron chi connectivity index (χ2n) is 10.8. The number of urea groups is 1. The highest BCUT2D eigenvalue weighted by atomic mass is 16.6. The van der Waals surface area contributed by atoms with Crippen molar-refractivity contribution >= 4 is 41.5 Å². The van der Waals surface area contributed by atoms with Crippen LogP contribution in [0.15, 0.2) is 24.3 Å². The third-order valence-electron chi connectivity index (χ3n) is 5.02. The zero-order valence-electron chi connectivity index (χ0n) is 24.3. The van der Waals surface area contributed by atoms with Gasteiger partial charge in [-0.2, -0.15) is 0 Å². The topological polar surface area (TPSA) is 180 Å². The van der Waals surface area contributed by atoms with Crippen LogP contribution in [-0.4, -0.2) is 72.8 Å². The van der Waals surface area contributed by atoms with Gasteiger partial charge in [0.2, 0.25) is 0 Å². The molecule has 2 aromatic heterocycles. The smallest absolute Gasteiger partial charge is 0.416 e. The van der Waals surface area contributed by atoms with Crippen LogP contribution < -0.4 is 35.8 Å².